The Balaban J connectivity index is 2.08. The minimum Gasteiger partial charge on any atom is -0.310 e. The molecule has 0 aliphatic rings. The SMILES string of the molecule is Cc1cc(Br)cnc1NC(=O)Cc1ccccc1Cl. The second kappa shape index (κ2) is 6.17. The number of aromatic nitrogens is 1. The van der Waals surface area contributed by atoms with Gasteiger partial charge in [0.2, 0.25) is 5.91 Å². The average molecular weight is 340 g/mol. The van der Waals surface area contributed by atoms with Gasteiger partial charge >= 0.3 is 0 Å². The zero-order valence-corrected chi connectivity index (χ0v) is 12.6. The van der Waals surface area contributed by atoms with E-state index in [2.05, 4.69) is 26.2 Å². The van der Waals surface area contributed by atoms with Crippen LogP contribution in [0, 0.1) is 6.92 Å². The topological polar surface area (TPSA) is 42.0 Å². The molecule has 2 rings (SSSR count). The van der Waals surface area contributed by atoms with E-state index in [9.17, 15) is 4.79 Å². The predicted octanol–water partition coefficient (Wildman–Crippen LogP) is 3.99. The van der Waals surface area contributed by atoms with Gasteiger partial charge in [-0.2, -0.15) is 0 Å². The largest absolute Gasteiger partial charge is 0.310 e. The van der Waals surface area contributed by atoms with Crippen LogP contribution in [0.1, 0.15) is 11.1 Å². The summed E-state index contributed by atoms with van der Waals surface area (Å²) in [6.07, 6.45) is 1.88. The number of nitrogens with one attached hydrogen (secondary N) is 1. The van der Waals surface area contributed by atoms with Crippen molar-refractivity contribution >= 4 is 39.3 Å². The minimum absolute atomic E-state index is 0.133. The number of carbonyl (C=O) groups excluding carboxylic acids is 1. The number of rotatable bonds is 3. The van der Waals surface area contributed by atoms with Gasteiger partial charge in [-0.3, -0.25) is 4.79 Å². The van der Waals surface area contributed by atoms with Gasteiger partial charge in [0.25, 0.3) is 0 Å². The lowest BCUT2D eigenvalue weighted by Crippen LogP contribution is -2.16. The molecule has 0 spiro atoms. The molecule has 3 nitrogen and oxygen atoms in total. The van der Waals surface area contributed by atoms with Crippen LogP contribution in [0.4, 0.5) is 5.82 Å². The van der Waals surface area contributed by atoms with E-state index in [1.54, 1.807) is 12.3 Å². The van der Waals surface area contributed by atoms with Crippen molar-refractivity contribution < 1.29 is 4.79 Å². The van der Waals surface area contributed by atoms with Gasteiger partial charge in [0, 0.05) is 15.7 Å². The fourth-order valence-electron chi connectivity index (χ4n) is 1.66. The van der Waals surface area contributed by atoms with Gasteiger partial charge in [0.1, 0.15) is 5.82 Å². The van der Waals surface area contributed by atoms with Crippen molar-refractivity contribution in [2.75, 3.05) is 5.32 Å². The van der Waals surface area contributed by atoms with Crippen LogP contribution in [-0.4, -0.2) is 10.9 Å². The molecule has 5 heteroatoms. The number of halogens is 2. The normalized spacial score (nSPS) is 10.3. The average Bonchev–Trinajstić information content (AvgIpc) is 2.36. The predicted molar refractivity (Wildman–Crippen MR) is 80.5 cm³/mol. The summed E-state index contributed by atoms with van der Waals surface area (Å²) in [5.74, 6) is 0.436. The van der Waals surface area contributed by atoms with Crippen LogP contribution in [0.3, 0.4) is 0 Å². The van der Waals surface area contributed by atoms with E-state index in [-0.39, 0.29) is 12.3 Å². The number of pyridine rings is 1. The first kappa shape index (κ1) is 14.0. The van der Waals surface area contributed by atoms with Gasteiger partial charge in [-0.15, -0.1) is 0 Å². The molecule has 19 heavy (non-hydrogen) atoms. The molecule has 98 valence electrons. The summed E-state index contributed by atoms with van der Waals surface area (Å²) >= 11 is 9.35. The number of aryl methyl sites for hydroxylation is 1. The van der Waals surface area contributed by atoms with Gasteiger partial charge in [-0.1, -0.05) is 29.8 Å². The summed E-state index contributed by atoms with van der Waals surface area (Å²) in [5, 5.41) is 3.38. The van der Waals surface area contributed by atoms with Gasteiger partial charge in [-0.25, -0.2) is 4.98 Å². The molecule has 2 aromatic rings. The Kier molecular flexibility index (Phi) is 4.56. The molecule has 1 N–H and O–H groups in total. The van der Waals surface area contributed by atoms with E-state index in [4.69, 9.17) is 11.6 Å². The summed E-state index contributed by atoms with van der Waals surface area (Å²) in [4.78, 5) is 16.1. The highest BCUT2D eigenvalue weighted by Crippen LogP contribution is 2.18. The number of amides is 1. The van der Waals surface area contributed by atoms with Crippen LogP contribution < -0.4 is 5.32 Å². The quantitative estimate of drug-likeness (QED) is 0.919. The maximum Gasteiger partial charge on any atom is 0.230 e. The Morgan fingerprint density at radius 3 is 2.84 bits per heavy atom. The molecule has 0 bridgehead atoms. The van der Waals surface area contributed by atoms with E-state index in [1.807, 2.05) is 31.2 Å². The van der Waals surface area contributed by atoms with Crippen molar-refractivity contribution in [1.82, 2.24) is 4.98 Å². The molecule has 0 atom stereocenters. The van der Waals surface area contributed by atoms with Crippen molar-refractivity contribution in [3.63, 3.8) is 0 Å². The van der Waals surface area contributed by atoms with E-state index in [0.29, 0.717) is 10.8 Å². The molecule has 0 aliphatic carbocycles. The molecule has 0 unspecified atom stereocenters. The highest BCUT2D eigenvalue weighted by molar-refractivity contribution is 9.10. The zero-order chi connectivity index (χ0) is 13.8. The van der Waals surface area contributed by atoms with Gasteiger partial charge in [0.15, 0.2) is 0 Å². The third kappa shape index (κ3) is 3.78. The first-order chi connectivity index (χ1) is 9.06. The second-order valence-electron chi connectivity index (χ2n) is 4.14. The molecule has 0 radical (unpaired) electrons. The minimum atomic E-state index is -0.133. The lowest BCUT2D eigenvalue weighted by atomic mass is 10.1. The Morgan fingerprint density at radius 2 is 2.16 bits per heavy atom. The number of nitrogens with zero attached hydrogens (tertiary/aromatic N) is 1. The molecular formula is C14H12BrClN2O. The molecule has 0 saturated heterocycles. The van der Waals surface area contributed by atoms with Crippen molar-refractivity contribution in [2.24, 2.45) is 0 Å². The van der Waals surface area contributed by atoms with Crippen LogP contribution in [0.15, 0.2) is 41.0 Å². The number of benzene rings is 1. The highest BCUT2D eigenvalue weighted by Gasteiger charge is 2.09. The maximum atomic E-state index is 11.9. The van der Waals surface area contributed by atoms with Crippen molar-refractivity contribution in [3.8, 4) is 0 Å². The van der Waals surface area contributed by atoms with Crippen molar-refractivity contribution in [2.45, 2.75) is 13.3 Å². The third-order valence-corrected chi connectivity index (χ3v) is 3.41. The molecule has 0 saturated carbocycles. The van der Waals surface area contributed by atoms with Crippen LogP contribution in [0.5, 0.6) is 0 Å². The lowest BCUT2D eigenvalue weighted by molar-refractivity contribution is -0.115. The van der Waals surface area contributed by atoms with E-state index in [1.165, 1.54) is 0 Å². The summed E-state index contributed by atoms with van der Waals surface area (Å²) in [6.45, 7) is 1.89. The Labute approximate surface area is 125 Å². The first-order valence-corrected chi connectivity index (χ1v) is 6.89. The monoisotopic (exact) mass is 338 g/mol. The third-order valence-electron chi connectivity index (χ3n) is 2.61. The second-order valence-corrected chi connectivity index (χ2v) is 5.46. The molecule has 0 aliphatic heterocycles. The number of hydrogen-bond donors (Lipinski definition) is 1. The lowest BCUT2D eigenvalue weighted by Gasteiger charge is -2.08. The van der Waals surface area contributed by atoms with Crippen molar-refractivity contribution in [3.05, 3.63) is 57.2 Å². The molecule has 1 aromatic heterocycles. The fraction of sp³-hybridized carbons (Fsp3) is 0.143. The Morgan fingerprint density at radius 1 is 1.42 bits per heavy atom. The van der Waals surface area contributed by atoms with Gasteiger partial charge in [-0.05, 0) is 46.1 Å². The van der Waals surface area contributed by atoms with E-state index < -0.39 is 0 Å². The Hall–Kier alpha value is -1.39. The number of carbonyl (C=O) groups is 1. The number of hydrogen-bond acceptors (Lipinski definition) is 2. The molecule has 1 amide bonds. The molecule has 0 fully saturated rings. The van der Waals surface area contributed by atoms with E-state index in [0.717, 1.165) is 15.6 Å². The fourth-order valence-corrected chi connectivity index (χ4v) is 2.31. The zero-order valence-electron chi connectivity index (χ0n) is 10.3. The highest BCUT2D eigenvalue weighted by atomic mass is 79.9. The summed E-state index contributed by atoms with van der Waals surface area (Å²) < 4.78 is 0.883. The summed E-state index contributed by atoms with van der Waals surface area (Å²) in [5.41, 5.74) is 1.71. The standard InChI is InChI=1S/C14H12BrClN2O/c1-9-6-11(15)8-17-14(9)18-13(19)7-10-4-2-3-5-12(10)16/h2-6,8H,7H2,1H3,(H,17,18,19). The van der Waals surface area contributed by atoms with Crippen molar-refractivity contribution in [1.29, 1.82) is 0 Å². The molecule has 1 aromatic carbocycles. The van der Waals surface area contributed by atoms with Gasteiger partial charge in [0.05, 0.1) is 6.42 Å². The number of anilines is 1. The van der Waals surface area contributed by atoms with Gasteiger partial charge < -0.3 is 5.32 Å². The molecular weight excluding hydrogens is 328 g/mol. The maximum absolute atomic E-state index is 11.9. The first-order valence-electron chi connectivity index (χ1n) is 5.71. The molecule has 1 heterocycles. The Bertz CT molecular complexity index is 616. The van der Waals surface area contributed by atoms with Crippen LogP contribution in [0.2, 0.25) is 5.02 Å². The van der Waals surface area contributed by atoms with Crippen LogP contribution in [0.25, 0.3) is 0 Å². The summed E-state index contributed by atoms with van der Waals surface area (Å²) in [6, 6.07) is 9.21. The summed E-state index contributed by atoms with van der Waals surface area (Å²) in [7, 11) is 0. The smallest absolute Gasteiger partial charge is 0.230 e. The van der Waals surface area contributed by atoms with Crippen LogP contribution >= 0.6 is 27.5 Å². The van der Waals surface area contributed by atoms with E-state index >= 15 is 0 Å². The van der Waals surface area contributed by atoms with Crippen LogP contribution in [-0.2, 0) is 11.2 Å².